The number of carbonyl (C=O) groups is 3. The van der Waals surface area contributed by atoms with Crippen molar-refractivity contribution in [1.29, 1.82) is 0 Å². The van der Waals surface area contributed by atoms with E-state index in [9.17, 15) is 18.8 Å². The maximum absolute atomic E-state index is 13.6. The predicted molar refractivity (Wildman–Crippen MR) is 103 cm³/mol. The van der Waals surface area contributed by atoms with Crippen LogP contribution in [0.25, 0.3) is 0 Å². The summed E-state index contributed by atoms with van der Waals surface area (Å²) in [5.41, 5.74) is 1.76. The Hall–Kier alpha value is -3.22. The van der Waals surface area contributed by atoms with Crippen LogP contribution in [-0.2, 0) is 14.3 Å². The van der Waals surface area contributed by atoms with Crippen LogP contribution in [0.3, 0.4) is 0 Å². The highest BCUT2D eigenvalue weighted by molar-refractivity contribution is 5.98. The first-order valence-electron chi connectivity index (χ1n) is 9.03. The lowest BCUT2D eigenvalue weighted by atomic mass is 10.2. The molecule has 0 saturated carbocycles. The molecule has 1 heterocycles. The van der Waals surface area contributed by atoms with Crippen LogP contribution in [0, 0.1) is 12.7 Å². The van der Waals surface area contributed by atoms with E-state index in [1.165, 1.54) is 13.0 Å². The smallest absolute Gasteiger partial charge is 0.338 e. The Morgan fingerprint density at radius 3 is 2.50 bits per heavy atom. The highest BCUT2D eigenvalue weighted by atomic mass is 19.1. The zero-order chi connectivity index (χ0) is 20.3. The van der Waals surface area contributed by atoms with Gasteiger partial charge in [0.25, 0.3) is 5.91 Å². The lowest BCUT2D eigenvalue weighted by molar-refractivity contribution is -0.123. The van der Waals surface area contributed by atoms with Crippen LogP contribution in [0.2, 0.25) is 0 Å². The van der Waals surface area contributed by atoms with Crippen LogP contribution >= 0.6 is 0 Å². The normalized spacial score (nSPS) is 14.7. The standard InChI is InChI=1S/C21H21FN2O4/c1-13-5-8-16(12-18(13)22)23-20(26)14(2)28-21(27)15-6-9-17(10-7-15)24-11-3-4-19(24)25/h5-10,12,14H,3-4,11H2,1-2H3,(H,23,26)/t14-/m0/s1. The fraction of sp³-hybridized carbons (Fsp3) is 0.286. The van der Waals surface area contributed by atoms with Crippen molar-refractivity contribution in [2.75, 3.05) is 16.8 Å². The minimum Gasteiger partial charge on any atom is -0.449 e. The van der Waals surface area contributed by atoms with Crippen LogP contribution in [0.4, 0.5) is 15.8 Å². The summed E-state index contributed by atoms with van der Waals surface area (Å²) in [5.74, 6) is -1.58. The molecule has 0 aliphatic carbocycles. The number of amides is 2. The molecule has 1 saturated heterocycles. The molecule has 2 aromatic carbocycles. The topological polar surface area (TPSA) is 75.7 Å². The number of hydrogen-bond acceptors (Lipinski definition) is 4. The Labute approximate surface area is 162 Å². The first-order valence-corrected chi connectivity index (χ1v) is 9.03. The third-order valence-corrected chi connectivity index (χ3v) is 4.58. The number of aryl methyl sites for hydroxylation is 1. The molecule has 1 aliphatic rings. The van der Waals surface area contributed by atoms with E-state index in [4.69, 9.17) is 4.74 Å². The van der Waals surface area contributed by atoms with Crippen molar-refractivity contribution in [2.24, 2.45) is 0 Å². The van der Waals surface area contributed by atoms with E-state index in [1.807, 2.05) is 0 Å². The van der Waals surface area contributed by atoms with Crippen LogP contribution in [0.1, 0.15) is 35.7 Å². The third-order valence-electron chi connectivity index (χ3n) is 4.58. The summed E-state index contributed by atoms with van der Waals surface area (Å²) in [6, 6.07) is 10.8. The van der Waals surface area contributed by atoms with E-state index >= 15 is 0 Å². The van der Waals surface area contributed by atoms with E-state index in [2.05, 4.69) is 5.32 Å². The van der Waals surface area contributed by atoms with E-state index < -0.39 is 23.8 Å². The second-order valence-corrected chi connectivity index (χ2v) is 6.70. The summed E-state index contributed by atoms with van der Waals surface area (Å²) in [6.45, 7) is 3.73. The van der Waals surface area contributed by atoms with Gasteiger partial charge in [-0.05, 0) is 62.2 Å². The van der Waals surface area contributed by atoms with Gasteiger partial charge in [-0.1, -0.05) is 6.07 Å². The maximum atomic E-state index is 13.6. The molecule has 146 valence electrons. The van der Waals surface area contributed by atoms with Crippen LogP contribution < -0.4 is 10.2 Å². The van der Waals surface area contributed by atoms with E-state index in [1.54, 1.807) is 48.2 Å². The number of halogens is 1. The lowest BCUT2D eigenvalue weighted by Gasteiger charge is -2.16. The van der Waals surface area contributed by atoms with Crippen molar-refractivity contribution in [3.63, 3.8) is 0 Å². The highest BCUT2D eigenvalue weighted by Gasteiger charge is 2.23. The summed E-state index contributed by atoms with van der Waals surface area (Å²) < 4.78 is 18.8. The third kappa shape index (κ3) is 4.36. The van der Waals surface area contributed by atoms with Crippen molar-refractivity contribution in [3.05, 3.63) is 59.4 Å². The Bertz CT molecular complexity index is 911. The molecule has 2 aromatic rings. The molecule has 1 fully saturated rings. The molecule has 0 aromatic heterocycles. The Balaban J connectivity index is 1.59. The number of ether oxygens (including phenoxy) is 1. The molecule has 1 N–H and O–H groups in total. The second kappa shape index (κ2) is 8.21. The van der Waals surface area contributed by atoms with Crippen molar-refractivity contribution in [1.82, 2.24) is 0 Å². The van der Waals surface area contributed by atoms with Gasteiger partial charge in [-0.25, -0.2) is 9.18 Å². The SMILES string of the molecule is Cc1ccc(NC(=O)[C@H](C)OC(=O)c2ccc(N3CCCC3=O)cc2)cc1F. The number of esters is 1. The zero-order valence-electron chi connectivity index (χ0n) is 15.7. The maximum Gasteiger partial charge on any atom is 0.338 e. The molecule has 7 heteroatoms. The van der Waals surface area contributed by atoms with Crippen LogP contribution in [0.5, 0.6) is 0 Å². The average Bonchev–Trinajstić information content (AvgIpc) is 3.10. The van der Waals surface area contributed by atoms with Crippen LogP contribution in [-0.4, -0.2) is 30.4 Å². The molecule has 0 unspecified atom stereocenters. The van der Waals surface area contributed by atoms with Gasteiger partial charge < -0.3 is 15.0 Å². The van der Waals surface area contributed by atoms with E-state index in [0.29, 0.717) is 18.5 Å². The van der Waals surface area contributed by atoms with Gasteiger partial charge in [0.05, 0.1) is 5.56 Å². The summed E-state index contributed by atoms with van der Waals surface area (Å²) in [6.07, 6.45) is 0.290. The van der Waals surface area contributed by atoms with Crippen LogP contribution in [0.15, 0.2) is 42.5 Å². The van der Waals surface area contributed by atoms with Gasteiger partial charge >= 0.3 is 5.97 Å². The zero-order valence-corrected chi connectivity index (χ0v) is 15.7. The molecule has 0 spiro atoms. The predicted octanol–water partition coefficient (Wildman–Crippen LogP) is 3.44. The summed E-state index contributed by atoms with van der Waals surface area (Å²) in [5, 5.41) is 2.52. The fourth-order valence-electron chi connectivity index (χ4n) is 2.90. The Morgan fingerprint density at radius 1 is 1.18 bits per heavy atom. The lowest BCUT2D eigenvalue weighted by Crippen LogP contribution is -2.30. The first-order chi connectivity index (χ1) is 13.3. The average molecular weight is 384 g/mol. The number of nitrogens with one attached hydrogen (secondary N) is 1. The van der Waals surface area contributed by atoms with Gasteiger partial charge in [0, 0.05) is 24.3 Å². The highest BCUT2D eigenvalue weighted by Crippen LogP contribution is 2.22. The van der Waals surface area contributed by atoms with E-state index in [-0.39, 0.29) is 17.2 Å². The summed E-state index contributed by atoms with van der Waals surface area (Å²) in [4.78, 5) is 37.9. The minimum atomic E-state index is -1.06. The molecule has 0 radical (unpaired) electrons. The van der Waals surface area contributed by atoms with Gasteiger partial charge in [-0.15, -0.1) is 0 Å². The molecule has 1 aliphatic heterocycles. The van der Waals surface area contributed by atoms with Gasteiger partial charge in [0.2, 0.25) is 5.91 Å². The van der Waals surface area contributed by atoms with Crippen molar-refractivity contribution >= 4 is 29.2 Å². The van der Waals surface area contributed by atoms with Gasteiger partial charge in [0.15, 0.2) is 6.10 Å². The molecule has 1 atom stereocenters. The van der Waals surface area contributed by atoms with E-state index in [0.717, 1.165) is 12.1 Å². The van der Waals surface area contributed by atoms with Gasteiger partial charge in [-0.2, -0.15) is 0 Å². The number of anilines is 2. The molecule has 28 heavy (non-hydrogen) atoms. The minimum absolute atomic E-state index is 0.0631. The Kier molecular flexibility index (Phi) is 5.73. The quantitative estimate of drug-likeness (QED) is 0.802. The monoisotopic (exact) mass is 384 g/mol. The largest absolute Gasteiger partial charge is 0.449 e. The molecular formula is C21H21FN2O4. The Morgan fingerprint density at radius 2 is 1.89 bits per heavy atom. The van der Waals surface area contributed by atoms with Crippen molar-refractivity contribution in [3.8, 4) is 0 Å². The molecule has 0 bridgehead atoms. The summed E-state index contributed by atoms with van der Waals surface area (Å²) in [7, 11) is 0. The van der Waals surface area contributed by atoms with Gasteiger partial charge in [-0.3, -0.25) is 9.59 Å². The number of carbonyl (C=O) groups excluding carboxylic acids is 3. The molecule has 2 amide bonds. The number of nitrogens with zero attached hydrogens (tertiary/aromatic N) is 1. The van der Waals surface area contributed by atoms with Gasteiger partial charge in [0.1, 0.15) is 5.82 Å². The number of benzene rings is 2. The molecule has 6 nitrogen and oxygen atoms in total. The number of hydrogen-bond donors (Lipinski definition) is 1. The first kappa shape index (κ1) is 19.5. The second-order valence-electron chi connectivity index (χ2n) is 6.70. The molecule has 3 rings (SSSR count). The van der Waals surface area contributed by atoms with Crippen molar-refractivity contribution < 1.29 is 23.5 Å². The fourth-order valence-corrected chi connectivity index (χ4v) is 2.90. The van der Waals surface area contributed by atoms with Crippen molar-refractivity contribution in [2.45, 2.75) is 32.8 Å². The molecular weight excluding hydrogens is 363 g/mol. The number of rotatable bonds is 5. The summed E-state index contributed by atoms with van der Waals surface area (Å²) >= 11 is 0.